The minimum atomic E-state index is -5.84. The average molecular weight is 1140 g/mol. The third-order valence-corrected chi connectivity index (χ3v) is 12.8. The van der Waals surface area contributed by atoms with Gasteiger partial charge in [-0.05, 0) is 51.1 Å². The molecule has 0 fully saturated rings. The summed E-state index contributed by atoms with van der Waals surface area (Å²) in [6.45, 7) is 9.42. The zero-order valence-corrected chi connectivity index (χ0v) is 41.4. The Balaban J connectivity index is 1.50. The molecule has 0 saturated heterocycles. The summed E-state index contributed by atoms with van der Waals surface area (Å²) in [7, 11) is 0. The van der Waals surface area contributed by atoms with E-state index in [9.17, 15) is 0 Å². The Morgan fingerprint density at radius 3 is 0.728 bits per heavy atom. The van der Waals surface area contributed by atoms with Crippen LogP contribution in [0.5, 0.6) is 23.0 Å². The van der Waals surface area contributed by atoms with Crippen molar-refractivity contribution in [2.24, 2.45) is 0 Å². The summed E-state index contributed by atoms with van der Waals surface area (Å²) in [5.41, 5.74) is -19.0. The van der Waals surface area contributed by atoms with Crippen LogP contribution in [0.3, 0.4) is 0 Å². The van der Waals surface area contributed by atoms with Crippen LogP contribution in [0.25, 0.3) is 24.3 Å². The molecule has 0 radical (unpaired) electrons. The summed E-state index contributed by atoms with van der Waals surface area (Å²) < 4.78 is 295. The highest BCUT2D eigenvalue weighted by molar-refractivity contribution is 5.66. The minimum absolute atomic E-state index is 0.0241. The number of benzene rings is 8. The maximum atomic E-state index is 17.6. The molecule has 8 rings (SSSR count). The van der Waals surface area contributed by atoms with E-state index >= 15 is 70.2 Å². The molecule has 0 aliphatic heterocycles. The molecule has 0 amide bonds. The number of halogens is 16. The van der Waals surface area contributed by atoms with E-state index < -0.39 is 170 Å². The van der Waals surface area contributed by atoms with E-state index in [1.165, 1.54) is 109 Å². The molecule has 0 N–H and O–H groups in total. The lowest BCUT2D eigenvalue weighted by Gasteiger charge is -2.38. The number of rotatable bonds is 20. The molecule has 8 aromatic rings. The summed E-state index contributed by atoms with van der Waals surface area (Å²) in [6.07, 6.45) is 5.41. The third-order valence-electron chi connectivity index (χ3n) is 12.8. The van der Waals surface area contributed by atoms with Crippen molar-refractivity contribution in [2.45, 2.75) is 31.8 Å². The normalized spacial score (nSPS) is 11.4. The van der Waals surface area contributed by atoms with Gasteiger partial charge < -0.3 is 18.9 Å². The lowest BCUT2D eigenvalue weighted by atomic mass is 9.63. The molecule has 0 unspecified atom stereocenters. The van der Waals surface area contributed by atoms with E-state index in [4.69, 9.17) is 18.9 Å². The van der Waals surface area contributed by atoms with Crippen molar-refractivity contribution >= 4 is 24.3 Å². The zero-order valence-electron chi connectivity index (χ0n) is 41.4. The van der Waals surface area contributed by atoms with Crippen LogP contribution in [0.1, 0.15) is 66.8 Å². The van der Waals surface area contributed by atoms with Crippen LogP contribution in [-0.4, -0.2) is 0 Å². The lowest BCUT2D eigenvalue weighted by molar-refractivity contribution is 0.250. The van der Waals surface area contributed by atoms with Gasteiger partial charge in [-0.3, -0.25) is 0 Å². The van der Waals surface area contributed by atoms with Gasteiger partial charge in [0.1, 0.15) is 32.2 Å². The van der Waals surface area contributed by atoms with E-state index in [0.717, 1.165) is 12.1 Å². The Morgan fingerprint density at radius 1 is 0.272 bits per heavy atom. The van der Waals surface area contributed by atoms with Crippen molar-refractivity contribution in [1.82, 2.24) is 0 Å². The van der Waals surface area contributed by atoms with Crippen molar-refractivity contribution in [3.8, 4) is 23.0 Å². The van der Waals surface area contributed by atoms with Crippen molar-refractivity contribution in [3.63, 3.8) is 0 Å². The van der Waals surface area contributed by atoms with Crippen LogP contribution >= 0.6 is 0 Å². The first-order valence-electron chi connectivity index (χ1n) is 23.5. The highest BCUT2D eigenvalue weighted by Gasteiger charge is 2.58. The maximum Gasteiger partial charge on any atom is 0.204 e. The SMILES string of the molecule is C=Cc1ccc(COc2c(F)c(F)c(C(c3c(F)c(F)c(COc4ccc(C=C)cc4)c(F)c3F)(c3c(F)c(F)c(OCc4ccc(C=C)cc4)c(F)c3F)c3c(F)c(F)c(OCc4ccc(C=C)cc4)c(F)c3F)c(F)c2F)cc1. The molecule has 0 spiro atoms. The summed E-state index contributed by atoms with van der Waals surface area (Å²) in [4.78, 5) is 0. The molecular formula is C61H36F16O4. The topological polar surface area (TPSA) is 36.9 Å². The van der Waals surface area contributed by atoms with E-state index in [0.29, 0.717) is 22.3 Å². The summed E-state index contributed by atoms with van der Waals surface area (Å²) in [5.74, 6) is -56.9. The summed E-state index contributed by atoms with van der Waals surface area (Å²) in [6, 6.07) is 20.6. The number of ether oxygens (including phenoxy) is 4. The predicted molar refractivity (Wildman–Crippen MR) is 268 cm³/mol. The van der Waals surface area contributed by atoms with E-state index in [-0.39, 0.29) is 22.4 Å². The Hall–Kier alpha value is -9.20. The molecule has 0 aliphatic rings. The molecule has 0 saturated carbocycles. The van der Waals surface area contributed by atoms with Crippen LogP contribution in [0, 0.1) is 93.1 Å². The molecule has 20 heteroatoms. The van der Waals surface area contributed by atoms with Crippen LogP contribution < -0.4 is 18.9 Å². The minimum Gasteiger partial charge on any atom is -0.489 e. The number of hydrogen-bond acceptors (Lipinski definition) is 4. The first kappa shape index (κ1) is 58.0. The Morgan fingerprint density at radius 2 is 0.494 bits per heavy atom. The Labute approximate surface area is 450 Å². The molecule has 0 heterocycles. The molecule has 0 aliphatic carbocycles. The third kappa shape index (κ3) is 10.5. The fourth-order valence-corrected chi connectivity index (χ4v) is 8.66. The van der Waals surface area contributed by atoms with Gasteiger partial charge in [-0.1, -0.05) is 136 Å². The molecular weight excluding hydrogens is 1100 g/mol. The summed E-state index contributed by atoms with van der Waals surface area (Å²) >= 11 is 0. The van der Waals surface area contributed by atoms with Crippen molar-refractivity contribution in [2.75, 3.05) is 0 Å². The van der Waals surface area contributed by atoms with Gasteiger partial charge in [0.25, 0.3) is 0 Å². The molecule has 416 valence electrons. The second kappa shape index (κ2) is 23.6. The predicted octanol–water partition coefficient (Wildman–Crippen LogP) is 17.2. The smallest absolute Gasteiger partial charge is 0.204 e. The Kier molecular flexibility index (Phi) is 16.9. The first-order chi connectivity index (χ1) is 38.7. The van der Waals surface area contributed by atoms with Crippen LogP contribution in [0.2, 0.25) is 0 Å². The van der Waals surface area contributed by atoms with Crippen LogP contribution in [-0.2, 0) is 31.8 Å². The van der Waals surface area contributed by atoms with Gasteiger partial charge in [-0.15, -0.1) is 0 Å². The first-order valence-corrected chi connectivity index (χ1v) is 23.5. The zero-order chi connectivity index (χ0) is 58.8. The average Bonchev–Trinajstić information content (AvgIpc) is 3.57. The molecule has 81 heavy (non-hydrogen) atoms. The molecule has 0 bridgehead atoms. The molecule has 0 atom stereocenters. The lowest BCUT2D eigenvalue weighted by Crippen LogP contribution is -2.42. The highest BCUT2D eigenvalue weighted by atomic mass is 19.2. The molecule has 8 aromatic carbocycles. The standard InChI is InChI=1S/C61H36F16O4/c1-5-29-9-15-33(16-10-29)25-79-58-52(72)46(66)39(47(67)53(58)73)61(38-44(64)42(62)37(43(63)45(38)65)28-78-36-23-21-32(8-4)22-24-36,40-48(68)54(74)59(55(75)49(40)69)80-26-34-17-11-30(6-2)12-18-34)41-50(70)56(76)60(57(77)51(41)71)81-27-35-19-13-31(7-3)14-20-35/h5-24H,1-4,25-28H2. The summed E-state index contributed by atoms with van der Waals surface area (Å²) in [5, 5.41) is 0. The Bertz CT molecular complexity index is 3170. The fraction of sp³-hybridized carbons (Fsp3) is 0.0820. The van der Waals surface area contributed by atoms with Gasteiger partial charge in [-0.25, -0.2) is 43.9 Å². The van der Waals surface area contributed by atoms with Gasteiger partial charge in [0.2, 0.25) is 34.9 Å². The molecule has 4 nitrogen and oxygen atoms in total. The van der Waals surface area contributed by atoms with Crippen LogP contribution in [0.15, 0.2) is 123 Å². The highest BCUT2D eigenvalue weighted by Crippen LogP contribution is 2.56. The molecule has 0 aromatic heterocycles. The largest absolute Gasteiger partial charge is 0.489 e. The van der Waals surface area contributed by atoms with Gasteiger partial charge >= 0.3 is 0 Å². The van der Waals surface area contributed by atoms with Gasteiger partial charge in [0.15, 0.2) is 75.4 Å². The van der Waals surface area contributed by atoms with Crippen molar-refractivity contribution in [1.29, 1.82) is 0 Å². The maximum absolute atomic E-state index is 17.6. The van der Waals surface area contributed by atoms with Gasteiger partial charge in [-0.2, -0.15) is 26.3 Å². The monoisotopic (exact) mass is 1140 g/mol. The second-order valence-electron chi connectivity index (χ2n) is 17.5. The van der Waals surface area contributed by atoms with Crippen molar-refractivity contribution in [3.05, 3.63) is 283 Å². The quantitative estimate of drug-likeness (QED) is 0.0433. The number of hydrogen-bond donors (Lipinski definition) is 0. The van der Waals surface area contributed by atoms with E-state index in [1.807, 2.05) is 0 Å². The van der Waals surface area contributed by atoms with E-state index in [2.05, 4.69) is 26.3 Å². The van der Waals surface area contributed by atoms with Gasteiger partial charge in [0.05, 0.1) is 27.7 Å². The fourth-order valence-electron chi connectivity index (χ4n) is 8.66. The van der Waals surface area contributed by atoms with Crippen molar-refractivity contribution < 1.29 is 89.2 Å². The van der Waals surface area contributed by atoms with E-state index in [1.54, 1.807) is 0 Å². The van der Waals surface area contributed by atoms with Crippen LogP contribution in [0.4, 0.5) is 70.2 Å². The second-order valence-corrected chi connectivity index (χ2v) is 17.5. The van der Waals surface area contributed by atoms with Gasteiger partial charge in [0, 0.05) is 5.56 Å².